The largest absolute Gasteiger partial charge is 0.468 e. The van der Waals surface area contributed by atoms with Crippen molar-refractivity contribution in [2.45, 2.75) is 82.0 Å². The number of ether oxygens (including phenoxy) is 1. The van der Waals surface area contributed by atoms with Crippen LogP contribution < -0.4 is 5.32 Å². The van der Waals surface area contributed by atoms with Crippen molar-refractivity contribution in [1.29, 1.82) is 0 Å². The zero-order valence-corrected chi connectivity index (χ0v) is 13.7. The average molecular weight is 294 g/mol. The maximum atomic E-state index is 12.4. The number of carbonyl (C=O) groups excluding carboxylic acids is 1. The van der Waals surface area contributed by atoms with Gasteiger partial charge in [-0.1, -0.05) is 0 Å². The third-order valence-corrected chi connectivity index (χ3v) is 5.88. The highest BCUT2D eigenvalue weighted by Crippen LogP contribution is 2.39. The highest BCUT2D eigenvalue weighted by Gasteiger charge is 2.48. The molecule has 3 unspecified atom stereocenters. The van der Waals surface area contributed by atoms with Crippen molar-refractivity contribution >= 4 is 5.97 Å². The Morgan fingerprint density at radius 3 is 2.57 bits per heavy atom. The highest BCUT2D eigenvalue weighted by molar-refractivity contribution is 5.81. The van der Waals surface area contributed by atoms with E-state index in [9.17, 15) is 4.79 Å². The summed E-state index contributed by atoms with van der Waals surface area (Å²) in [5.41, 5.74) is -0.434. The van der Waals surface area contributed by atoms with E-state index in [1.165, 1.54) is 39.2 Å². The molecule has 0 aromatic heterocycles. The topological polar surface area (TPSA) is 41.6 Å². The zero-order chi connectivity index (χ0) is 15.0. The number of methoxy groups -OCH3 is 1. The molecule has 3 atom stereocenters. The fourth-order valence-corrected chi connectivity index (χ4v) is 4.03. The number of nitrogens with one attached hydrogen (secondary N) is 1. The van der Waals surface area contributed by atoms with E-state index in [-0.39, 0.29) is 5.97 Å². The molecule has 3 rings (SSSR count). The standard InChI is InChI=1S/C17H30N2O2/c1-12(13-6-7-13)19(2)15-5-4-10-17(11-15,16(20)21-3)18-14-8-9-14/h12-15,18H,4-11H2,1-3H3. The molecule has 0 saturated heterocycles. The smallest absolute Gasteiger partial charge is 0.326 e. The highest BCUT2D eigenvalue weighted by atomic mass is 16.5. The quantitative estimate of drug-likeness (QED) is 0.763. The molecule has 1 N–H and O–H groups in total. The second-order valence-electron chi connectivity index (χ2n) is 7.49. The SMILES string of the molecule is COC(=O)C1(NC2CC2)CCCC(N(C)C(C)C2CC2)C1. The Balaban J connectivity index is 1.70. The Labute approximate surface area is 128 Å². The Hall–Kier alpha value is -0.610. The van der Waals surface area contributed by atoms with E-state index in [1.807, 2.05) is 0 Å². The van der Waals surface area contributed by atoms with E-state index in [0.717, 1.165) is 25.2 Å². The van der Waals surface area contributed by atoms with Gasteiger partial charge in [0.05, 0.1) is 7.11 Å². The minimum Gasteiger partial charge on any atom is -0.468 e. The van der Waals surface area contributed by atoms with Gasteiger partial charge in [-0.25, -0.2) is 0 Å². The van der Waals surface area contributed by atoms with E-state index in [0.29, 0.717) is 18.1 Å². The van der Waals surface area contributed by atoms with Crippen molar-refractivity contribution in [3.8, 4) is 0 Å². The fourth-order valence-electron chi connectivity index (χ4n) is 4.03. The second-order valence-corrected chi connectivity index (χ2v) is 7.49. The van der Waals surface area contributed by atoms with E-state index >= 15 is 0 Å². The van der Waals surface area contributed by atoms with Crippen molar-refractivity contribution in [3.05, 3.63) is 0 Å². The third kappa shape index (κ3) is 3.26. The van der Waals surface area contributed by atoms with Crippen molar-refractivity contribution in [1.82, 2.24) is 10.2 Å². The summed E-state index contributed by atoms with van der Waals surface area (Å²) >= 11 is 0. The van der Waals surface area contributed by atoms with Crippen LogP contribution in [0, 0.1) is 5.92 Å². The lowest BCUT2D eigenvalue weighted by Gasteiger charge is -2.44. The van der Waals surface area contributed by atoms with E-state index in [4.69, 9.17) is 4.74 Å². The van der Waals surface area contributed by atoms with Crippen molar-refractivity contribution in [2.75, 3.05) is 14.2 Å². The number of esters is 1. The molecular formula is C17H30N2O2. The molecule has 0 aliphatic heterocycles. The summed E-state index contributed by atoms with van der Waals surface area (Å²) in [4.78, 5) is 15.0. The number of carbonyl (C=O) groups is 1. The van der Waals surface area contributed by atoms with Crippen LogP contribution in [0.25, 0.3) is 0 Å². The van der Waals surface area contributed by atoms with Gasteiger partial charge in [0.2, 0.25) is 0 Å². The lowest BCUT2D eigenvalue weighted by molar-refractivity contribution is -0.151. The predicted molar refractivity (Wildman–Crippen MR) is 83.1 cm³/mol. The summed E-state index contributed by atoms with van der Waals surface area (Å²) in [6.07, 6.45) is 9.32. The van der Waals surface area contributed by atoms with Crippen molar-refractivity contribution < 1.29 is 9.53 Å². The van der Waals surface area contributed by atoms with E-state index in [1.54, 1.807) is 0 Å². The molecule has 0 bridgehead atoms. The van der Waals surface area contributed by atoms with Crippen molar-refractivity contribution in [3.63, 3.8) is 0 Å². The van der Waals surface area contributed by atoms with Crippen LogP contribution in [0.3, 0.4) is 0 Å². The second kappa shape index (κ2) is 5.88. The van der Waals surface area contributed by atoms with Crippen molar-refractivity contribution in [2.24, 2.45) is 5.92 Å². The molecule has 4 nitrogen and oxygen atoms in total. The maximum Gasteiger partial charge on any atom is 0.326 e. The van der Waals surface area contributed by atoms with Gasteiger partial charge in [-0.05, 0) is 71.3 Å². The zero-order valence-electron chi connectivity index (χ0n) is 13.7. The molecule has 3 aliphatic carbocycles. The van der Waals surface area contributed by atoms with Crippen LogP contribution in [0.2, 0.25) is 0 Å². The lowest BCUT2D eigenvalue weighted by atomic mass is 9.77. The number of nitrogens with zero attached hydrogens (tertiary/aromatic N) is 1. The average Bonchev–Trinajstić information content (AvgIpc) is 3.37. The number of hydrogen-bond donors (Lipinski definition) is 1. The monoisotopic (exact) mass is 294 g/mol. The van der Waals surface area contributed by atoms with Crippen LogP contribution in [-0.4, -0.2) is 48.7 Å². The number of hydrogen-bond acceptors (Lipinski definition) is 4. The minimum atomic E-state index is -0.434. The predicted octanol–water partition coefficient (Wildman–Crippen LogP) is 2.32. The maximum absolute atomic E-state index is 12.4. The molecule has 3 fully saturated rings. The molecule has 3 aliphatic rings. The van der Waals surface area contributed by atoms with Crippen LogP contribution in [-0.2, 0) is 9.53 Å². The Morgan fingerprint density at radius 1 is 1.29 bits per heavy atom. The summed E-state index contributed by atoms with van der Waals surface area (Å²) in [5, 5.41) is 3.62. The minimum absolute atomic E-state index is 0.0495. The Morgan fingerprint density at radius 2 is 2.00 bits per heavy atom. The first-order valence-corrected chi connectivity index (χ1v) is 8.64. The number of rotatable bonds is 6. The molecule has 4 heteroatoms. The molecule has 21 heavy (non-hydrogen) atoms. The molecule has 120 valence electrons. The van der Waals surface area contributed by atoms with Crippen LogP contribution >= 0.6 is 0 Å². The van der Waals surface area contributed by atoms with Gasteiger partial charge in [0.25, 0.3) is 0 Å². The normalized spacial score (nSPS) is 34.8. The van der Waals surface area contributed by atoms with Gasteiger partial charge < -0.3 is 9.64 Å². The Bertz CT molecular complexity index is 392. The summed E-state index contributed by atoms with van der Waals surface area (Å²) in [6, 6.07) is 1.68. The molecule has 3 saturated carbocycles. The van der Waals surface area contributed by atoms with Gasteiger partial charge in [-0.3, -0.25) is 10.1 Å². The first-order chi connectivity index (χ1) is 10.1. The van der Waals surface area contributed by atoms with Gasteiger partial charge in [0.15, 0.2) is 0 Å². The van der Waals surface area contributed by atoms with Crippen LogP contribution in [0.4, 0.5) is 0 Å². The lowest BCUT2D eigenvalue weighted by Crippen LogP contribution is -2.59. The van der Waals surface area contributed by atoms with Crippen LogP contribution in [0.5, 0.6) is 0 Å². The summed E-state index contributed by atoms with van der Waals surface area (Å²) in [5.74, 6) is 0.826. The summed E-state index contributed by atoms with van der Waals surface area (Å²) in [7, 11) is 3.77. The summed E-state index contributed by atoms with van der Waals surface area (Å²) in [6.45, 7) is 2.35. The molecule has 0 heterocycles. The van der Waals surface area contributed by atoms with Crippen LogP contribution in [0.15, 0.2) is 0 Å². The first-order valence-electron chi connectivity index (χ1n) is 8.64. The molecule has 0 aromatic rings. The van der Waals surface area contributed by atoms with E-state index in [2.05, 4.69) is 24.2 Å². The van der Waals surface area contributed by atoms with E-state index < -0.39 is 5.54 Å². The van der Waals surface area contributed by atoms with Gasteiger partial charge in [-0.15, -0.1) is 0 Å². The molecular weight excluding hydrogens is 264 g/mol. The molecule has 0 spiro atoms. The molecule has 0 aromatic carbocycles. The third-order valence-electron chi connectivity index (χ3n) is 5.88. The van der Waals surface area contributed by atoms with Crippen LogP contribution in [0.1, 0.15) is 58.3 Å². The Kier molecular flexibility index (Phi) is 4.28. The summed E-state index contributed by atoms with van der Waals surface area (Å²) < 4.78 is 5.15. The fraction of sp³-hybridized carbons (Fsp3) is 0.941. The van der Waals surface area contributed by atoms with Gasteiger partial charge >= 0.3 is 5.97 Å². The molecule has 0 radical (unpaired) electrons. The van der Waals surface area contributed by atoms with Gasteiger partial charge in [-0.2, -0.15) is 0 Å². The first kappa shape index (κ1) is 15.3. The van der Waals surface area contributed by atoms with Gasteiger partial charge in [0.1, 0.15) is 5.54 Å². The van der Waals surface area contributed by atoms with Gasteiger partial charge in [0, 0.05) is 18.1 Å². The molecule has 0 amide bonds.